The number of amidine groups is 1. The van der Waals surface area contributed by atoms with Crippen molar-refractivity contribution in [2.45, 2.75) is 25.2 Å². The lowest BCUT2D eigenvalue weighted by atomic mass is 10.2. The molecule has 3 rings (SSSR count). The van der Waals surface area contributed by atoms with E-state index in [1.54, 1.807) is 36.4 Å². The van der Waals surface area contributed by atoms with Crippen LogP contribution in [0.15, 0.2) is 58.4 Å². The molecule has 214 valence electrons. The lowest BCUT2D eigenvalue weighted by molar-refractivity contribution is 0.154. The SMILES string of the molecule is C=NC(=N/C=C(\C)F)[C@@H](OC)[C@@H](C)S(=O)(=O)Nc1nnc(-c2cccc(OC)n2)n1-c1c(OC)cccc1OC. The number of ether oxygens (including phenoxy) is 4. The Labute approximate surface area is 231 Å². The molecule has 1 N–H and O–H groups in total. The molecule has 0 aliphatic rings. The van der Waals surface area contributed by atoms with Crippen molar-refractivity contribution < 1.29 is 31.8 Å². The van der Waals surface area contributed by atoms with E-state index in [2.05, 4.69) is 36.6 Å². The first-order chi connectivity index (χ1) is 19.1. The largest absolute Gasteiger partial charge is 0.494 e. The molecular formula is C25H30FN7O6S. The van der Waals surface area contributed by atoms with Gasteiger partial charge in [0.2, 0.25) is 21.9 Å². The van der Waals surface area contributed by atoms with Crippen LogP contribution in [0.5, 0.6) is 17.4 Å². The van der Waals surface area contributed by atoms with Crippen LogP contribution >= 0.6 is 0 Å². The highest BCUT2D eigenvalue weighted by Gasteiger charge is 2.35. The molecule has 1 aromatic carbocycles. The highest BCUT2D eigenvalue weighted by Crippen LogP contribution is 2.37. The molecule has 0 spiro atoms. The molecule has 0 amide bonds. The van der Waals surface area contributed by atoms with Crippen LogP contribution < -0.4 is 18.9 Å². The van der Waals surface area contributed by atoms with Crippen LogP contribution in [-0.4, -0.2) is 80.5 Å². The van der Waals surface area contributed by atoms with Crippen molar-refractivity contribution in [3.05, 3.63) is 48.4 Å². The molecule has 2 atom stereocenters. The molecular weight excluding hydrogens is 545 g/mol. The van der Waals surface area contributed by atoms with Gasteiger partial charge in [-0.3, -0.25) is 9.29 Å². The van der Waals surface area contributed by atoms with E-state index in [1.165, 1.54) is 46.9 Å². The fourth-order valence-corrected chi connectivity index (χ4v) is 4.81. The van der Waals surface area contributed by atoms with Gasteiger partial charge in [-0.05, 0) is 38.8 Å². The molecule has 2 aromatic heterocycles. The standard InChI is InChI=1S/C25H30FN7O6S/c1-15(26)14-28-23(27-3)22(39-7)16(2)40(34,35)32-25-31-30-24(17-10-8-13-20(29-17)38-6)33(25)21-18(36-4)11-9-12-19(21)37-5/h8-14,16,22H,3H2,1-2,4-7H3,(H,31,32)/b15-14+,28-23?/t16-,22+/m1/s1. The normalized spacial score (nSPS) is 13.9. The number of allylic oxidation sites excluding steroid dienone is 1. The summed E-state index contributed by atoms with van der Waals surface area (Å²) in [5, 5.41) is 7.05. The van der Waals surface area contributed by atoms with Crippen LogP contribution in [0.4, 0.5) is 10.3 Å². The smallest absolute Gasteiger partial charge is 0.243 e. The maximum Gasteiger partial charge on any atom is 0.243 e. The number of nitrogens with one attached hydrogen (secondary N) is 1. The second-order valence-corrected chi connectivity index (χ2v) is 10.2. The molecule has 0 unspecified atom stereocenters. The topological polar surface area (TPSA) is 151 Å². The molecule has 0 aliphatic heterocycles. The predicted octanol–water partition coefficient (Wildman–Crippen LogP) is 3.43. The van der Waals surface area contributed by atoms with Gasteiger partial charge < -0.3 is 18.9 Å². The minimum Gasteiger partial charge on any atom is -0.494 e. The first kappa shape index (κ1) is 30.2. The van der Waals surface area contributed by atoms with E-state index in [0.717, 1.165) is 6.20 Å². The summed E-state index contributed by atoms with van der Waals surface area (Å²) in [6, 6.07) is 10.1. The van der Waals surface area contributed by atoms with Gasteiger partial charge in [-0.2, -0.15) is 0 Å². The summed E-state index contributed by atoms with van der Waals surface area (Å²) in [7, 11) is 1.38. The number of hydrogen-bond acceptors (Lipinski definition) is 10. The van der Waals surface area contributed by atoms with E-state index in [0.29, 0.717) is 28.8 Å². The third-order valence-electron chi connectivity index (χ3n) is 5.64. The minimum atomic E-state index is -4.28. The lowest BCUT2D eigenvalue weighted by Gasteiger charge is -2.23. The van der Waals surface area contributed by atoms with E-state index < -0.39 is 27.2 Å². The molecule has 0 saturated carbocycles. The molecule has 3 aromatic rings. The Morgan fingerprint density at radius 1 is 1.07 bits per heavy atom. The van der Waals surface area contributed by atoms with Crippen molar-refractivity contribution in [2.24, 2.45) is 9.98 Å². The third kappa shape index (κ3) is 6.43. The maximum atomic E-state index is 13.6. The van der Waals surface area contributed by atoms with Gasteiger partial charge in [0.15, 0.2) is 11.7 Å². The Balaban J connectivity index is 2.20. The molecule has 0 saturated heterocycles. The fraction of sp³-hybridized carbons (Fsp3) is 0.320. The second kappa shape index (κ2) is 13.1. The number of sulfonamides is 1. The van der Waals surface area contributed by atoms with E-state index >= 15 is 0 Å². The molecule has 15 heteroatoms. The Morgan fingerprint density at radius 2 is 1.73 bits per heavy atom. The summed E-state index contributed by atoms with van der Waals surface area (Å²) in [5.74, 6) is 0.200. The lowest BCUT2D eigenvalue weighted by Crippen LogP contribution is -2.41. The van der Waals surface area contributed by atoms with Gasteiger partial charge in [-0.1, -0.05) is 12.1 Å². The summed E-state index contributed by atoms with van der Waals surface area (Å²) in [6.07, 6.45) is -0.317. The van der Waals surface area contributed by atoms with Gasteiger partial charge in [0.25, 0.3) is 0 Å². The molecule has 13 nitrogen and oxygen atoms in total. The number of methoxy groups -OCH3 is 4. The van der Waals surface area contributed by atoms with Crippen molar-refractivity contribution in [1.29, 1.82) is 0 Å². The van der Waals surface area contributed by atoms with Crippen molar-refractivity contribution in [3.63, 3.8) is 0 Å². The third-order valence-corrected chi connectivity index (χ3v) is 7.34. The summed E-state index contributed by atoms with van der Waals surface area (Å²) >= 11 is 0. The van der Waals surface area contributed by atoms with E-state index in [1.807, 2.05) is 0 Å². The number of rotatable bonds is 12. The summed E-state index contributed by atoms with van der Waals surface area (Å²) in [6.45, 7) is 5.96. The number of pyridine rings is 1. The zero-order valence-electron chi connectivity index (χ0n) is 22.8. The van der Waals surface area contributed by atoms with Crippen molar-refractivity contribution in [1.82, 2.24) is 19.7 Å². The number of hydrogen-bond donors (Lipinski definition) is 1. The Morgan fingerprint density at radius 3 is 2.27 bits per heavy atom. The first-order valence-electron chi connectivity index (χ1n) is 11.7. The number of aromatic nitrogens is 4. The number of para-hydroxylation sites is 1. The average molecular weight is 576 g/mol. The Hall–Kier alpha value is -4.37. The monoisotopic (exact) mass is 575 g/mol. The van der Waals surface area contributed by atoms with E-state index in [-0.39, 0.29) is 17.6 Å². The molecule has 0 fully saturated rings. The Bertz CT molecular complexity index is 1500. The molecule has 40 heavy (non-hydrogen) atoms. The number of anilines is 1. The van der Waals surface area contributed by atoms with Crippen LogP contribution in [0.25, 0.3) is 17.2 Å². The van der Waals surface area contributed by atoms with Crippen molar-refractivity contribution in [2.75, 3.05) is 33.2 Å². The van der Waals surface area contributed by atoms with E-state index in [9.17, 15) is 12.8 Å². The van der Waals surface area contributed by atoms with Gasteiger partial charge >= 0.3 is 0 Å². The van der Waals surface area contributed by atoms with Crippen LogP contribution in [0.1, 0.15) is 13.8 Å². The quantitative estimate of drug-likeness (QED) is 0.253. The highest BCUT2D eigenvalue weighted by atomic mass is 32.2. The zero-order chi connectivity index (χ0) is 29.4. The number of aliphatic imine (C=N–C) groups is 2. The molecule has 0 bridgehead atoms. The molecule has 2 heterocycles. The van der Waals surface area contributed by atoms with Crippen LogP contribution in [0.2, 0.25) is 0 Å². The van der Waals surface area contributed by atoms with Gasteiger partial charge in [0.05, 0.1) is 27.5 Å². The van der Waals surface area contributed by atoms with E-state index in [4.69, 9.17) is 18.9 Å². The summed E-state index contributed by atoms with van der Waals surface area (Å²) in [5.41, 5.74) is 0.635. The van der Waals surface area contributed by atoms with Gasteiger partial charge in [0, 0.05) is 13.2 Å². The maximum absolute atomic E-state index is 13.6. The number of benzene rings is 1. The fourth-order valence-electron chi connectivity index (χ4n) is 3.68. The van der Waals surface area contributed by atoms with Gasteiger partial charge in [-0.15, -0.1) is 10.2 Å². The predicted molar refractivity (Wildman–Crippen MR) is 149 cm³/mol. The summed E-state index contributed by atoms with van der Waals surface area (Å²) < 4.78 is 66.1. The van der Waals surface area contributed by atoms with Gasteiger partial charge in [-0.25, -0.2) is 27.8 Å². The first-order valence-corrected chi connectivity index (χ1v) is 13.3. The average Bonchev–Trinajstić information content (AvgIpc) is 3.36. The molecule has 0 radical (unpaired) electrons. The number of nitrogens with zero attached hydrogens (tertiary/aromatic N) is 6. The van der Waals surface area contributed by atoms with Crippen LogP contribution in [0, 0.1) is 0 Å². The number of halogens is 1. The van der Waals surface area contributed by atoms with Crippen molar-refractivity contribution >= 4 is 28.5 Å². The van der Waals surface area contributed by atoms with Crippen LogP contribution in [0.3, 0.4) is 0 Å². The second-order valence-electron chi connectivity index (χ2n) is 8.13. The molecule has 0 aliphatic carbocycles. The summed E-state index contributed by atoms with van der Waals surface area (Å²) in [4.78, 5) is 12.0. The zero-order valence-corrected chi connectivity index (χ0v) is 23.6. The van der Waals surface area contributed by atoms with Crippen LogP contribution in [-0.2, 0) is 14.8 Å². The van der Waals surface area contributed by atoms with Crippen molar-refractivity contribution in [3.8, 4) is 34.6 Å². The highest BCUT2D eigenvalue weighted by molar-refractivity contribution is 7.93. The Kier molecular flexibility index (Phi) is 9.90. The minimum absolute atomic E-state index is 0.133. The van der Waals surface area contributed by atoms with Gasteiger partial charge in [0.1, 0.15) is 40.1 Å².